The van der Waals surface area contributed by atoms with E-state index in [1.165, 1.54) is 12.8 Å². The Morgan fingerprint density at radius 2 is 1.85 bits per heavy atom. The second-order valence-corrected chi connectivity index (χ2v) is 6.79. The fraction of sp³-hybridized carbons (Fsp3) is 0.875. The second-order valence-electron chi connectivity index (χ2n) is 6.79. The molecule has 0 aromatic heterocycles. The van der Waals surface area contributed by atoms with Crippen LogP contribution in [-0.4, -0.2) is 34.8 Å². The maximum absolute atomic E-state index is 12.8. The number of piperazine rings is 1. The fourth-order valence-electron chi connectivity index (χ4n) is 3.28. The summed E-state index contributed by atoms with van der Waals surface area (Å²) >= 11 is 0. The van der Waals surface area contributed by atoms with Crippen LogP contribution in [0.2, 0.25) is 0 Å². The fourth-order valence-corrected chi connectivity index (χ4v) is 3.28. The molecule has 1 saturated carbocycles. The van der Waals surface area contributed by atoms with Gasteiger partial charge in [-0.15, -0.1) is 0 Å². The quantitative estimate of drug-likeness (QED) is 0.812. The Morgan fingerprint density at radius 3 is 2.30 bits per heavy atom. The maximum Gasteiger partial charge on any atom is 0.246 e. The molecule has 20 heavy (non-hydrogen) atoms. The first-order valence-corrected chi connectivity index (χ1v) is 8.07. The lowest BCUT2D eigenvalue weighted by atomic mass is 9.84. The third-order valence-corrected chi connectivity index (χ3v) is 4.82. The lowest BCUT2D eigenvalue weighted by molar-refractivity contribution is -0.159. The Balaban J connectivity index is 2.25. The Labute approximate surface area is 122 Å². The van der Waals surface area contributed by atoms with Gasteiger partial charge in [-0.3, -0.25) is 9.59 Å². The third-order valence-electron chi connectivity index (χ3n) is 4.82. The molecule has 0 bridgehead atoms. The summed E-state index contributed by atoms with van der Waals surface area (Å²) in [5, 5.41) is 2.98. The van der Waals surface area contributed by atoms with Gasteiger partial charge in [0.05, 0.1) is 0 Å². The van der Waals surface area contributed by atoms with Crippen molar-refractivity contribution in [3.05, 3.63) is 0 Å². The van der Waals surface area contributed by atoms with Crippen LogP contribution in [0.5, 0.6) is 0 Å². The van der Waals surface area contributed by atoms with Crippen LogP contribution in [-0.2, 0) is 9.59 Å². The number of nitrogens with one attached hydrogen (secondary N) is 1. The zero-order valence-corrected chi connectivity index (χ0v) is 13.2. The van der Waals surface area contributed by atoms with E-state index in [2.05, 4.69) is 19.2 Å². The molecule has 4 heteroatoms. The number of carbonyl (C=O) groups is 2. The third kappa shape index (κ3) is 2.70. The van der Waals surface area contributed by atoms with Crippen LogP contribution >= 0.6 is 0 Å². The largest absolute Gasteiger partial charge is 0.342 e. The Morgan fingerprint density at radius 1 is 1.25 bits per heavy atom. The van der Waals surface area contributed by atoms with Gasteiger partial charge in [0, 0.05) is 6.54 Å². The van der Waals surface area contributed by atoms with Crippen molar-refractivity contribution in [1.29, 1.82) is 0 Å². The number of rotatable bonds is 6. The van der Waals surface area contributed by atoms with Gasteiger partial charge in [0.15, 0.2) is 0 Å². The second kappa shape index (κ2) is 5.74. The summed E-state index contributed by atoms with van der Waals surface area (Å²) in [6.07, 6.45) is 4.52. The smallest absolute Gasteiger partial charge is 0.246 e. The molecule has 1 aliphatic carbocycles. The van der Waals surface area contributed by atoms with Crippen molar-refractivity contribution in [1.82, 2.24) is 10.2 Å². The van der Waals surface area contributed by atoms with Crippen LogP contribution in [0.1, 0.15) is 59.8 Å². The molecule has 1 N–H and O–H groups in total. The van der Waals surface area contributed by atoms with Gasteiger partial charge in [-0.25, -0.2) is 0 Å². The molecule has 2 rings (SSSR count). The van der Waals surface area contributed by atoms with Crippen LogP contribution in [0.15, 0.2) is 0 Å². The molecule has 4 nitrogen and oxygen atoms in total. The minimum atomic E-state index is -0.618. The molecule has 0 spiro atoms. The highest BCUT2D eigenvalue weighted by Gasteiger charge is 2.51. The molecule has 114 valence electrons. The van der Waals surface area contributed by atoms with Gasteiger partial charge in [0.1, 0.15) is 11.6 Å². The number of nitrogens with zero attached hydrogens (tertiary/aromatic N) is 1. The number of hydrogen-bond donors (Lipinski definition) is 1. The van der Waals surface area contributed by atoms with Gasteiger partial charge < -0.3 is 10.2 Å². The molecular weight excluding hydrogens is 252 g/mol. The van der Waals surface area contributed by atoms with Crippen molar-refractivity contribution in [2.24, 2.45) is 11.8 Å². The lowest BCUT2D eigenvalue weighted by Crippen LogP contribution is -2.70. The predicted octanol–water partition coefficient (Wildman–Crippen LogP) is 2.33. The molecule has 1 atom stereocenters. The van der Waals surface area contributed by atoms with E-state index in [1.54, 1.807) is 0 Å². The van der Waals surface area contributed by atoms with Gasteiger partial charge in [0.25, 0.3) is 0 Å². The van der Waals surface area contributed by atoms with Crippen LogP contribution in [0.3, 0.4) is 0 Å². The van der Waals surface area contributed by atoms with Gasteiger partial charge in [-0.1, -0.05) is 27.7 Å². The normalized spacial score (nSPS) is 26.1. The van der Waals surface area contributed by atoms with Gasteiger partial charge in [-0.05, 0) is 43.9 Å². The summed E-state index contributed by atoms with van der Waals surface area (Å²) < 4.78 is 0. The van der Waals surface area contributed by atoms with Crippen molar-refractivity contribution in [2.45, 2.75) is 71.4 Å². The van der Waals surface area contributed by atoms with Gasteiger partial charge in [-0.2, -0.15) is 0 Å². The number of hydrogen-bond acceptors (Lipinski definition) is 2. The molecule has 1 heterocycles. The molecule has 2 amide bonds. The van der Waals surface area contributed by atoms with E-state index in [9.17, 15) is 9.59 Å². The maximum atomic E-state index is 12.8. The number of carbonyl (C=O) groups excluding carboxylic acids is 2. The van der Waals surface area contributed by atoms with Crippen molar-refractivity contribution in [2.75, 3.05) is 6.54 Å². The van der Waals surface area contributed by atoms with E-state index in [-0.39, 0.29) is 17.9 Å². The summed E-state index contributed by atoms with van der Waals surface area (Å²) in [6, 6.07) is -0.326. The SMILES string of the molecule is CCC1(CC)C(=O)NC(CC(C)C)C(=O)N1CC1CC1. The monoisotopic (exact) mass is 280 g/mol. The van der Waals surface area contributed by atoms with E-state index in [0.29, 0.717) is 24.7 Å². The average molecular weight is 280 g/mol. The summed E-state index contributed by atoms with van der Waals surface area (Å²) in [4.78, 5) is 27.4. The Bertz CT molecular complexity index is 384. The van der Waals surface area contributed by atoms with E-state index < -0.39 is 5.54 Å². The average Bonchev–Trinajstić information content (AvgIpc) is 3.20. The topological polar surface area (TPSA) is 49.4 Å². The standard InChI is InChI=1S/C16H28N2O2/c1-5-16(6-2)15(20)17-13(9-11(3)4)14(19)18(16)10-12-7-8-12/h11-13H,5-10H2,1-4H3,(H,17,20). The zero-order valence-electron chi connectivity index (χ0n) is 13.2. The van der Waals surface area contributed by atoms with Gasteiger partial charge >= 0.3 is 0 Å². The molecule has 0 radical (unpaired) electrons. The first-order valence-electron chi connectivity index (χ1n) is 8.07. The van der Waals surface area contributed by atoms with Crippen LogP contribution in [0.25, 0.3) is 0 Å². The first kappa shape index (κ1) is 15.3. The van der Waals surface area contributed by atoms with Crippen LogP contribution < -0.4 is 5.32 Å². The van der Waals surface area contributed by atoms with Crippen LogP contribution in [0.4, 0.5) is 0 Å². The van der Waals surface area contributed by atoms with Crippen molar-refractivity contribution < 1.29 is 9.59 Å². The summed E-state index contributed by atoms with van der Waals surface area (Å²) in [6.45, 7) is 8.97. The lowest BCUT2D eigenvalue weighted by Gasteiger charge is -2.48. The minimum absolute atomic E-state index is 0.0494. The molecular formula is C16H28N2O2. The highest BCUT2D eigenvalue weighted by Crippen LogP contribution is 2.36. The first-order chi connectivity index (χ1) is 9.44. The molecule has 1 saturated heterocycles. The highest BCUT2D eigenvalue weighted by molar-refractivity contribution is 5.99. The van der Waals surface area contributed by atoms with Crippen molar-refractivity contribution >= 4 is 11.8 Å². The van der Waals surface area contributed by atoms with Crippen molar-refractivity contribution in [3.8, 4) is 0 Å². The molecule has 2 fully saturated rings. The molecule has 1 unspecified atom stereocenters. The highest BCUT2D eigenvalue weighted by atomic mass is 16.2. The zero-order chi connectivity index (χ0) is 14.9. The minimum Gasteiger partial charge on any atom is -0.342 e. The summed E-state index contributed by atoms with van der Waals surface area (Å²) in [5.41, 5.74) is -0.618. The van der Waals surface area contributed by atoms with Crippen molar-refractivity contribution in [3.63, 3.8) is 0 Å². The Hall–Kier alpha value is -1.06. The van der Waals surface area contributed by atoms with Crippen LogP contribution in [0, 0.1) is 11.8 Å². The van der Waals surface area contributed by atoms with E-state index in [0.717, 1.165) is 13.0 Å². The predicted molar refractivity (Wildman–Crippen MR) is 79.1 cm³/mol. The van der Waals surface area contributed by atoms with E-state index >= 15 is 0 Å². The van der Waals surface area contributed by atoms with E-state index in [4.69, 9.17) is 0 Å². The molecule has 0 aromatic carbocycles. The summed E-state index contributed by atoms with van der Waals surface area (Å²) in [5.74, 6) is 1.20. The Kier molecular flexibility index (Phi) is 4.40. The molecule has 1 aliphatic heterocycles. The van der Waals surface area contributed by atoms with Gasteiger partial charge in [0.2, 0.25) is 11.8 Å². The molecule has 0 aromatic rings. The van der Waals surface area contributed by atoms with E-state index in [1.807, 2.05) is 18.7 Å². The number of amides is 2. The summed E-state index contributed by atoms with van der Waals surface area (Å²) in [7, 11) is 0. The molecule has 2 aliphatic rings.